The minimum atomic E-state index is -0.750. The molecule has 0 radical (unpaired) electrons. The van der Waals surface area contributed by atoms with E-state index in [1.54, 1.807) is 7.11 Å². The Kier molecular flexibility index (Phi) is 5.51. The Labute approximate surface area is 143 Å². The summed E-state index contributed by atoms with van der Waals surface area (Å²) in [5.41, 5.74) is 2.75. The molecule has 128 valence electrons. The number of hydrogen-bond acceptors (Lipinski definition) is 4. The van der Waals surface area contributed by atoms with Crippen LogP contribution in [0.3, 0.4) is 0 Å². The fourth-order valence-corrected chi connectivity index (χ4v) is 3.21. The fraction of sp³-hybridized carbons (Fsp3) is 0.400. The lowest BCUT2D eigenvalue weighted by molar-refractivity contribution is 0.0384. The van der Waals surface area contributed by atoms with Gasteiger partial charge in [-0.1, -0.05) is 36.4 Å². The number of aryl methyl sites for hydroxylation is 1. The van der Waals surface area contributed by atoms with Gasteiger partial charge in [0.15, 0.2) is 0 Å². The second-order valence-electron chi connectivity index (χ2n) is 6.28. The average molecular weight is 327 g/mol. The summed E-state index contributed by atoms with van der Waals surface area (Å²) < 4.78 is 10.5. The van der Waals surface area contributed by atoms with Crippen molar-refractivity contribution in [1.29, 1.82) is 0 Å². The smallest absolute Gasteiger partial charge is 0.119 e. The lowest BCUT2D eigenvalue weighted by Crippen LogP contribution is -2.35. The number of methoxy groups -OCH3 is 1. The maximum Gasteiger partial charge on any atom is 0.119 e. The van der Waals surface area contributed by atoms with Gasteiger partial charge < -0.3 is 19.9 Å². The van der Waals surface area contributed by atoms with Crippen molar-refractivity contribution in [3.8, 4) is 5.75 Å². The van der Waals surface area contributed by atoms with Gasteiger partial charge in [-0.25, -0.2) is 0 Å². The van der Waals surface area contributed by atoms with Crippen LogP contribution in [0.1, 0.15) is 23.1 Å². The maximum absolute atomic E-state index is 10.9. The van der Waals surface area contributed by atoms with E-state index >= 15 is 0 Å². The van der Waals surface area contributed by atoms with Crippen molar-refractivity contribution in [3.05, 3.63) is 65.2 Å². The number of fused-ring (bicyclic) bond motifs is 1. The lowest BCUT2D eigenvalue weighted by atomic mass is 9.96. The van der Waals surface area contributed by atoms with Crippen LogP contribution in [0, 0.1) is 0 Å². The van der Waals surface area contributed by atoms with E-state index in [0.29, 0.717) is 19.8 Å². The second kappa shape index (κ2) is 7.79. The third-order valence-corrected chi connectivity index (χ3v) is 4.55. The minimum Gasteiger partial charge on any atom is -0.491 e. The Morgan fingerprint density at radius 2 is 1.88 bits per heavy atom. The van der Waals surface area contributed by atoms with E-state index < -0.39 is 5.60 Å². The van der Waals surface area contributed by atoms with Crippen LogP contribution in [0.25, 0.3) is 0 Å². The van der Waals surface area contributed by atoms with Crippen LogP contribution in [0.5, 0.6) is 5.75 Å². The standard InChI is InChI=1S/C20H25NO3/c1-23-12-13-24-18-8-6-16(7-9-18)14-21-15-20(22)11-10-17-4-2-3-5-19(17)20/h2-9,21-22H,10-15H2,1H3. The molecular formula is C20H25NO3. The first-order valence-corrected chi connectivity index (χ1v) is 8.43. The van der Waals surface area contributed by atoms with Gasteiger partial charge in [-0.05, 0) is 41.7 Å². The Morgan fingerprint density at radius 3 is 2.67 bits per heavy atom. The zero-order valence-corrected chi connectivity index (χ0v) is 14.1. The molecule has 0 bridgehead atoms. The van der Waals surface area contributed by atoms with Crippen LogP contribution < -0.4 is 10.1 Å². The number of hydrogen-bond donors (Lipinski definition) is 2. The van der Waals surface area contributed by atoms with E-state index in [-0.39, 0.29) is 0 Å². The third kappa shape index (κ3) is 3.96. The number of aliphatic hydroxyl groups is 1. The van der Waals surface area contributed by atoms with Crippen molar-refractivity contribution in [2.45, 2.75) is 25.0 Å². The van der Waals surface area contributed by atoms with E-state index in [2.05, 4.69) is 11.4 Å². The molecule has 0 saturated heterocycles. The van der Waals surface area contributed by atoms with Gasteiger partial charge in [-0.2, -0.15) is 0 Å². The van der Waals surface area contributed by atoms with Gasteiger partial charge in [-0.3, -0.25) is 0 Å². The molecule has 0 fully saturated rings. The van der Waals surface area contributed by atoms with E-state index in [1.165, 1.54) is 11.1 Å². The van der Waals surface area contributed by atoms with Gasteiger partial charge in [0.05, 0.1) is 6.61 Å². The first-order chi connectivity index (χ1) is 11.7. The Hall–Kier alpha value is -1.88. The highest BCUT2D eigenvalue weighted by atomic mass is 16.5. The molecule has 1 aliphatic rings. The first kappa shape index (κ1) is 17.0. The summed E-state index contributed by atoms with van der Waals surface area (Å²) in [6, 6.07) is 16.2. The Bertz CT molecular complexity index is 656. The Morgan fingerprint density at radius 1 is 1.08 bits per heavy atom. The molecule has 0 heterocycles. The van der Waals surface area contributed by atoms with Crippen molar-refractivity contribution in [3.63, 3.8) is 0 Å². The number of nitrogens with one attached hydrogen (secondary N) is 1. The van der Waals surface area contributed by atoms with E-state index in [9.17, 15) is 5.11 Å². The zero-order valence-electron chi connectivity index (χ0n) is 14.1. The van der Waals surface area contributed by atoms with E-state index in [1.807, 2.05) is 42.5 Å². The molecule has 4 heteroatoms. The molecule has 2 N–H and O–H groups in total. The quantitative estimate of drug-likeness (QED) is 0.732. The zero-order chi connectivity index (χ0) is 16.8. The van der Waals surface area contributed by atoms with Crippen LogP contribution in [0.4, 0.5) is 0 Å². The highest BCUT2D eigenvalue weighted by Gasteiger charge is 2.35. The predicted molar refractivity (Wildman–Crippen MR) is 94.2 cm³/mol. The van der Waals surface area contributed by atoms with Gasteiger partial charge in [0.2, 0.25) is 0 Å². The lowest BCUT2D eigenvalue weighted by Gasteiger charge is -2.24. The molecule has 1 aliphatic carbocycles. The summed E-state index contributed by atoms with van der Waals surface area (Å²) in [5.74, 6) is 0.846. The minimum absolute atomic E-state index is 0.556. The maximum atomic E-state index is 10.9. The van der Waals surface area contributed by atoms with Crippen LogP contribution in [0.2, 0.25) is 0 Å². The molecule has 0 amide bonds. The van der Waals surface area contributed by atoms with Crippen molar-refractivity contribution < 1.29 is 14.6 Å². The summed E-state index contributed by atoms with van der Waals surface area (Å²) in [6.07, 6.45) is 1.73. The van der Waals surface area contributed by atoms with Crippen LogP contribution >= 0.6 is 0 Å². The summed E-state index contributed by atoms with van der Waals surface area (Å²) in [4.78, 5) is 0. The summed E-state index contributed by atoms with van der Waals surface area (Å²) in [6.45, 7) is 2.43. The van der Waals surface area contributed by atoms with Gasteiger partial charge in [0.25, 0.3) is 0 Å². The van der Waals surface area contributed by atoms with Crippen molar-refractivity contribution >= 4 is 0 Å². The monoisotopic (exact) mass is 327 g/mol. The van der Waals surface area contributed by atoms with E-state index in [4.69, 9.17) is 9.47 Å². The van der Waals surface area contributed by atoms with Crippen molar-refractivity contribution in [1.82, 2.24) is 5.32 Å². The van der Waals surface area contributed by atoms with Crippen LogP contribution in [-0.4, -0.2) is 32.0 Å². The largest absolute Gasteiger partial charge is 0.491 e. The van der Waals surface area contributed by atoms with Gasteiger partial charge in [-0.15, -0.1) is 0 Å². The molecule has 3 rings (SSSR count). The molecule has 0 saturated carbocycles. The van der Waals surface area contributed by atoms with Gasteiger partial charge in [0, 0.05) is 20.2 Å². The number of ether oxygens (including phenoxy) is 2. The molecular weight excluding hydrogens is 302 g/mol. The molecule has 1 atom stereocenters. The van der Waals surface area contributed by atoms with Gasteiger partial charge >= 0.3 is 0 Å². The van der Waals surface area contributed by atoms with Crippen LogP contribution in [-0.2, 0) is 23.3 Å². The Balaban J connectivity index is 1.50. The fourth-order valence-electron chi connectivity index (χ4n) is 3.21. The summed E-state index contributed by atoms with van der Waals surface area (Å²) in [7, 11) is 1.66. The van der Waals surface area contributed by atoms with E-state index in [0.717, 1.165) is 30.7 Å². The SMILES string of the molecule is COCCOc1ccc(CNCC2(O)CCc3ccccc32)cc1. The number of benzene rings is 2. The molecule has 0 spiro atoms. The van der Waals surface area contributed by atoms with Crippen molar-refractivity contribution in [2.24, 2.45) is 0 Å². The highest BCUT2D eigenvalue weighted by Crippen LogP contribution is 2.36. The second-order valence-corrected chi connectivity index (χ2v) is 6.28. The molecule has 4 nitrogen and oxygen atoms in total. The molecule has 2 aromatic rings. The molecule has 2 aromatic carbocycles. The topological polar surface area (TPSA) is 50.7 Å². The normalized spacial score (nSPS) is 19.2. The highest BCUT2D eigenvalue weighted by molar-refractivity contribution is 5.37. The number of rotatable bonds is 8. The van der Waals surface area contributed by atoms with Gasteiger partial charge in [0.1, 0.15) is 18.0 Å². The molecule has 1 unspecified atom stereocenters. The van der Waals surface area contributed by atoms with Crippen LogP contribution in [0.15, 0.2) is 48.5 Å². The predicted octanol–water partition coefficient (Wildman–Crippen LogP) is 2.64. The summed E-state index contributed by atoms with van der Waals surface area (Å²) in [5, 5.41) is 14.3. The average Bonchev–Trinajstić information content (AvgIpc) is 2.94. The third-order valence-electron chi connectivity index (χ3n) is 4.55. The molecule has 24 heavy (non-hydrogen) atoms. The van der Waals surface area contributed by atoms with Crippen molar-refractivity contribution in [2.75, 3.05) is 26.9 Å². The molecule has 0 aromatic heterocycles. The molecule has 0 aliphatic heterocycles. The first-order valence-electron chi connectivity index (χ1n) is 8.43. The summed E-state index contributed by atoms with van der Waals surface area (Å²) >= 11 is 0.